The van der Waals surface area contributed by atoms with Gasteiger partial charge in [0.05, 0.1) is 12.7 Å². The number of amides is 2. The lowest BCUT2D eigenvalue weighted by atomic mass is 9.73. The Labute approximate surface area is 138 Å². The minimum atomic E-state index is -0.334. The first-order valence-electron chi connectivity index (χ1n) is 8.45. The van der Waals surface area contributed by atoms with Crippen LogP contribution >= 0.6 is 0 Å². The van der Waals surface area contributed by atoms with Gasteiger partial charge in [0.15, 0.2) is 0 Å². The van der Waals surface area contributed by atoms with Crippen LogP contribution < -0.4 is 15.4 Å². The van der Waals surface area contributed by atoms with E-state index in [-0.39, 0.29) is 17.6 Å². The molecule has 2 rings (SSSR count). The maximum absolute atomic E-state index is 12.0. The van der Waals surface area contributed by atoms with Gasteiger partial charge in [0.25, 0.3) is 0 Å². The molecule has 1 aromatic rings. The molecule has 0 spiro atoms. The van der Waals surface area contributed by atoms with Crippen molar-refractivity contribution < 1.29 is 14.6 Å². The summed E-state index contributed by atoms with van der Waals surface area (Å²) in [5.74, 6) is 0.810. The van der Waals surface area contributed by atoms with Crippen molar-refractivity contribution in [1.29, 1.82) is 0 Å². The van der Waals surface area contributed by atoms with Crippen LogP contribution in [0.4, 0.5) is 4.79 Å². The molecule has 5 heteroatoms. The lowest BCUT2D eigenvalue weighted by Gasteiger charge is -2.38. The van der Waals surface area contributed by atoms with Gasteiger partial charge in [-0.3, -0.25) is 0 Å². The molecule has 0 heterocycles. The fourth-order valence-electron chi connectivity index (χ4n) is 3.03. The average molecular weight is 320 g/mol. The van der Waals surface area contributed by atoms with Crippen molar-refractivity contribution in [1.82, 2.24) is 10.6 Å². The molecule has 1 aliphatic rings. The standard InChI is InChI=1S/C18H28N2O3/c1-3-23-15-8-6-7-14(11-15)12-19-17(22)20-13-18(2)10-5-4-9-16(18)21/h6-8,11,16,21H,3-5,9-10,12-13H2,1-2H3,(H2,19,20,22). The topological polar surface area (TPSA) is 70.6 Å². The molecule has 1 saturated carbocycles. The first-order valence-corrected chi connectivity index (χ1v) is 8.45. The summed E-state index contributed by atoms with van der Waals surface area (Å²) in [7, 11) is 0. The van der Waals surface area contributed by atoms with E-state index >= 15 is 0 Å². The Morgan fingerprint density at radius 3 is 2.96 bits per heavy atom. The molecule has 0 saturated heterocycles. The van der Waals surface area contributed by atoms with Gasteiger partial charge in [0.1, 0.15) is 5.75 Å². The van der Waals surface area contributed by atoms with E-state index in [0.717, 1.165) is 37.0 Å². The number of nitrogens with one attached hydrogen (secondary N) is 2. The first-order chi connectivity index (χ1) is 11.0. The smallest absolute Gasteiger partial charge is 0.315 e. The summed E-state index contributed by atoms with van der Waals surface area (Å²) in [6.07, 6.45) is 3.62. The van der Waals surface area contributed by atoms with Crippen molar-refractivity contribution in [3.8, 4) is 5.75 Å². The average Bonchev–Trinajstić information content (AvgIpc) is 2.55. The summed E-state index contributed by atoms with van der Waals surface area (Å²) in [5, 5.41) is 15.9. The highest BCUT2D eigenvalue weighted by Gasteiger charge is 2.35. The monoisotopic (exact) mass is 320 g/mol. The number of carbonyl (C=O) groups is 1. The van der Waals surface area contributed by atoms with Crippen molar-refractivity contribution in [2.45, 2.75) is 52.2 Å². The number of hydrogen-bond acceptors (Lipinski definition) is 3. The van der Waals surface area contributed by atoms with Gasteiger partial charge < -0.3 is 20.5 Å². The van der Waals surface area contributed by atoms with Crippen LogP contribution in [-0.2, 0) is 6.54 Å². The maximum Gasteiger partial charge on any atom is 0.315 e. The van der Waals surface area contributed by atoms with Crippen LogP contribution in [0.5, 0.6) is 5.75 Å². The molecule has 0 aromatic heterocycles. The van der Waals surface area contributed by atoms with Gasteiger partial charge in [-0.05, 0) is 37.5 Å². The number of urea groups is 1. The Hall–Kier alpha value is -1.75. The molecule has 2 unspecified atom stereocenters. The van der Waals surface area contributed by atoms with Crippen molar-refractivity contribution in [3.63, 3.8) is 0 Å². The van der Waals surface area contributed by atoms with Crippen LogP contribution in [0.15, 0.2) is 24.3 Å². The van der Waals surface area contributed by atoms with Crippen molar-refractivity contribution in [3.05, 3.63) is 29.8 Å². The minimum absolute atomic E-state index is 0.203. The highest BCUT2D eigenvalue weighted by atomic mass is 16.5. The number of ether oxygens (including phenoxy) is 1. The van der Waals surface area contributed by atoms with E-state index in [4.69, 9.17) is 4.74 Å². The Bertz CT molecular complexity index is 521. The quantitative estimate of drug-likeness (QED) is 0.755. The molecular weight excluding hydrogens is 292 g/mol. The van der Waals surface area contributed by atoms with Crippen LogP contribution in [-0.4, -0.2) is 30.4 Å². The minimum Gasteiger partial charge on any atom is -0.494 e. The summed E-state index contributed by atoms with van der Waals surface area (Å²) in [5.41, 5.74) is 0.778. The second-order valence-corrected chi connectivity index (χ2v) is 6.53. The number of hydrogen-bond donors (Lipinski definition) is 3. The van der Waals surface area contributed by atoms with Crippen LogP contribution in [0.3, 0.4) is 0 Å². The highest BCUT2D eigenvalue weighted by Crippen LogP contribution is 2.35. The van der Waals surface area contributed by atoms with Gasteiger partial charge >= 0.3 is 6.03 Å². The summed E-state index contributed by atoms with van der Waals surface area (Å²) < 4.78 is 5.45. The number of aliphatic hydroxyl groups is 1. The first kappa shape index (κ1) is 17.6. The third-order valence-electron chi connectivity index (χ3n) is 4.60. The molecule has 1 aromatic carbocycles. The second kappa shape index (κ2) is 8.20. The lowest BCUT2D eigenvalue weighted by Crippen LogP contribution is -2.47. The van der Waals surface area contributed by atoms with Crippen LogP contribution in [0.2, 0.25) is 0 Å². The van der Waals surface area contributed by atoms with Gasteiger partial charge in [0, 0.05) is 18.5 Å². The predicted octanol–water partition coefficient (Wildman–Crippen LogP) is 2.83. The molecule has 0 aliphatic heterocycles. The fraction of sp³-hybridized carbons (Fsp3) is 0.611. The van der Waals surface area contributed by atoms with Gasteiger partial charge in [-0.2, -0.15) is 0 Å². The van der Waals surface area contributed by atoms with Gasteiger partial charge in [-0.25, -0.2) is 4.79 Å². The molecule has 2 atom stereocenters. The molecule has 2 amide bonds. The lowest BCUT2D eigenvalue weighted by molar-refractivity contribution is 0.00309. The summed E-state index contributed by atoms with van der Waals surface area (Å²) >= 11 is 0. The second-order valence-electron chi connectivity index (χ2n) is 6.53. The number of rotatable bonds is 6. The van der Waals surface area contributed by atoms with E-state index < -0.39 is 0 Å². The number of benzene rings is 1. The zero-order valence-electron chi connectivity index (χ0n) is 14.1. The van der Waals surface area contributed by atoms with Crippen molar-refractivity contribution in [2.24, 2.45) is 5.41 Å². The zero-order valence-corrected chi connectivity index (χ0v) is 14.1. The van der Waals surface area contributed by atoms with E-state index in [1.807, 2.05) is 38.1 Å². The third kappa shape index (κ3) is 5.13. The van der Waals surface area contributed by atoms with Crippen LogP contribution in [0, 0.1) is 5.41 Å². The SMILES string of the molecule is CCOc1cccc(CNC(=O)NCC2(C)CCCCC2O)c1. The zero-order chi connectivity index (χ0) is 16.7. The highest BCUT2D eigenvalue weighted by molar-refractivity contribution is 5.73. The molecule has 0 radical (unpaired) electrons. The Morgan fingerprint density at radius 2 is 2.22 bits per heavy atom. The number of aliphatic hydroxyl groups excluding tert-OH is 1. The van der Waals surface area contributed by atoms with Crippen LogP contribution in [0.1, 0.15) is 45.1 Å². The van der Waals surface area contributed by atoms with E-state index in [0.29, 0.717) is 19.7 Å². The van der Waals surface area contributed by atoms with E-state index in [1.165, 1.54) is 0 Å². The van der Waals surface area contributed by atoms with Gasteiger partial charge in [0.2, 0.25) is 0 Å². The number of carbonyl (C=O) groups excluding carboxylic acids is 1. The largest absolute Gasteiger partial charge is 0.494 e. The molecule has 1 fully saturated rings. The molecule has 128 valence electrons. The Morgan fingerprint density at radius 1 is 1.39 bits per heavy atom. The van der Waals surface area contributed by atoms with E-state index in [1.54, 1.807) is 0 Å². The maximum atomic E-state index is 12.0. The van der Waals surface area contributed by atoms with Crippen molar-refractivity contribution in [2.75, 3.05) is 13.2 Å². The molecule has 0 bridgehead atoms. The normalized spacial score (nSPS) is 24.0. The molecule has 23 heavy (non-hydrogen) atoms. The van der Waals surface area contributed by atoms with Gasteiger partial charge in [-0.1, -0.05) is 31.9 Å². The molecule has 5 nitrogen and oxygen atoms in total. The van der Waals surface area contributed by atoms with Crippen molar-refractivity contribution >= 4 is 6.03 Å². The van der Waals surface area contributed by atoms with E-state index in [2.05, 4.69) is 10.6 Å². The van der Waals surface area contributed by atoms with Gasteiger partial charge in [-0.15, -0.1) is 0 Å². The summed E-state index contributed by atoms with van der Waals surface area (Å²) in [6, 6.07) is 7.49. The molecule has 3 N–H and O–H groups in total. The summed E-state index contributed by atoms with van der Waals surface area (Å²) in [6.45, 7) is 5.56. The third-order valence-corrected chi connectivity index (χ3v) is 4.60. The molecule has 1 aliphatic carbocycles. The fourth-order valence-corrected chi connectivity index (χ4v) is 3.03. The molecular formula is C18H28N2O3. The summed E-state index contributed by atoms with van der Waals surface area (Å²) in [4.78, 5) is 12.0. The predicted molar refractivity (Wildman–Crippen MR) is 90.4 cm³/mol. The Kier molecular flexibility index (Phi) is 6.28. The Balaban J connectivity index is 1.77. The van der Waals surface area contributed by atoms with E-state index in [9.17, 15) is 9.90 Å². The van der Waals surface area contributed by atoms with Crippen LogP contribution in [0.25, 0.3) is 0 Å².